The largest absolute Gasteiger partial charge is 0.398 e. The molecule has 1 amide bonds. The molecule has 4 N–H and O–H groups in total. The molecule has 1 atom stereocenters. The number of rotatable bonds is 4. The fourth-order valence-corrected chi connectivity index (χ4v) is 2.91. The van der Waals surface area contributed by atoms with Crippen molar-refractivity contribution in [1.82, 2.24) is 10.0 Å². The van der Waals surface area contributed by atoms with Crippen LogP contribution in [0.1, 0.15) is 27.7 Å². The van der Waals surface area contributed by atoms with Crippen LogP contribution in [0.5, 0.6) is 0 Å². The summed E-state index contributed by atoms with van der Waals surface area (Å²) in [6.45, 7) is 6.72. The number of nitrogens with two attached hydrogens (primary N) is 1. The molecule has 21 heavy (non-hydrogen) atoms. The highest BCUT2D eigenvalue weighted by atomic mass is 32.2. The van der Waals surface area contributed by atoms with Gasteiger partial charge in [-0.3, -0.25) is 4.79 Å². The zero-order valence-electron chi connectivity index (χ0n) is 12.4. The first-order valence-electron chi connectivity index (χ1n) is 6.32. The van der Waals surface area contributed by atoms with Crippen LogP contribution in [0.15, 0.2) is 23.1 Å². The van der Waals surface area contributed by atoms with E-state index in [9.17, 15) is 17.6 Å². The Bertz CT molecular complexity index is 639. The summed E-state index contributed by atoms with van der Waals surface area (Å²) in [7, 11) is -4.09. The minimum absolute atomic E-state index is 0.0904. The van der Waals surface area contributed by atoms with Crippen molar-refractivity contribution in [2.75, 3.05) is 5.73 Å². The van der Waals surface area contributed by atoms with Crippen molar-refractivity contribution in [2.45, 2.75) is 44.2 Å². The van der Waals surface area contributed by atoms with Crippen molar-refractivity contribution in [3.63, 3.8) is 0 Å². The molecule has 0 spiro atoms. The number of sulfonamides is 1. The van der Waals surface area contributed by atoms with Crippen LogP contribution in [0, 0.1) is 5.82 Å². The van der Waals surface area contributed by atoms with Gasteiger partial charge >= 0.3 is 0 Å². The monoisotopic (exact) mass is 317 g/mol. The highest BCUT2D eigenvalue weighted by Crippen LogP contribution is 2.19. The molecule has 1 aromatic carbocycles. The predicted molar refractivity (Wildman–Crippen MR) is 78.5 cm³/mol. The molecular formula is C13H20FN3O3S. The molecular weight excluding hydrogens is 297 g/mol. The van der Waals surface area contributed by atoms with Gasteiger partial charge in [-0.05, 0) is 45.9 Å². The van der Waals surface area contributed by atoms with E-state index in [0.29, 0.717) is 0 Å². The third kappa shape index (κ3) is 4.98. The highest BCUT2D eigenvalue weighted by Gasteiger charge is 2.26. The number of halogens is 1. The van der Waals surface area contributed by atoms with Crippen molar-refractivity contribution in [3.05, 3.63) is 24.0 Å². The maximum atomic E-state index is 13.2. The van der Waals surface area contributed by atoms with Crippen molar-refractivity contribution in [3.8, 4) is 0 Å². The summed E-state index contributed by atoms with van der Waals surface area (Å²) in [6, 6.07) is 2.01. The fraction of sp³-hybridized carbons (Fsp3) is 0.462. The van der Waals surface area contributed by atoms with E-state index >= 15 is 0 Å². The molecule has 0 aliphatic heterocycles. The molecule has 0 aliphatic carbocycles. The SMILES string of the molecule is CC(NS(=O)(=O)c1cc(F)ccc1N)C(=O)NC(C)(C)C. The first-order valence-corrected chi connectivity index (χ1v) is 7.80. The second kappa shape index (κ2) is 5.98. The summed E-state index contributed by atoms with van der Waals surface area (Å²) >= 11 is 0. The summed E-state index contributed by atoms with van der Waals surface area (Å²) < 4.78 is 39.6. The maximum absolute atomic E-state index is 13.2. The third-order valence-corrected chi connectivity index (χ3v) is 4.08. The van der Waals surface area contributed by atoms with Crippen molar-refractivity contribution < 1.29 is 17.6 Å². The Morgan fingerprint density at radius 1 is 1.33 bits per heavy atom. The van der Waals surface area contributed by atoms with Gasteiger partial charge in [0.2, 0.25) is 15.9 Å². The highest BCUT2D eigenvalue weighted by molar-refractivity contribution is 7.89. The number of nitrogen functional groups attached to an aromatic ring is 1. The number of nitrogens with one attached hydrogen (secondary N) is 2. The van der Waals surface area contributed by atoms with Gasteiger partial charge in [0, 0.05) is 5.54 Å². The normalized spacial score (nSPS) is 13.8. The molecule has 0 saturated carbocycles. The van der Waals surface area contributed by atoms with Crippen molar-refractivity contribution in [1.29, 1.82) is 0 Å². The molecule has 0 bridgehead atoms. The second-order valence-electron chi connectivity index (χ2n) is 5.76. The Balaban J connectivity index is 2.95. The standard InChI is InChI=1S/C13H20FN3O3S/c1-8(12(18)16-13(2,3)4)17-21(19,20)11-7-9(14)5-6-10(11)15/h5-8,17H,15H2,1-4H3,(H,16,18). The molecule has 0 aromatic heterocycles. The summed E-state index contributed by atoms with van der Waals surface area (Å²) in [5.41, 5.74) is 4.96. The van der Waals surface area contributed by atoms with E-state index in [4.69, 9.17) is 5.73 Å². The average Bonchev–Trinajstić information content (AvgIpc) is 2.29. The molecule has 0 heterocycles. The first kappa shape index (κ1) is 17.4. The van der Waals surface area contributed by atoms with Crippen LogP contribution in [-0.2, 0) is 14.8 Å². The van der Waals surface area contributed by atoms with Crippen molar-refractivity contribution >= 4 is 21.6 Å². The number of anilines is 1. The number of hydrogen-bond donors (Lipinski definition) is 3. The van der Waals surface area contributed by atoms with Gasteiger partial charge in [-0.15, -0.1) is 0 Å². The number of hydrogen-bond acceptors (Lipinski definition) is 4. The Morgan fingerprint density at radius 2 is 1.90 bits per heavy atom. The predicted octanol–water partition coefficient (Wildman–Crippen LogP) is 0.989. The van der Waals surface area contributed by atoms with E-state index in [1.807, 2.05) is 0 Å². The van der Waals surface area contributed by atoms with Crippen LogP contribution in [0.25, 0.3) is 0 Å². The topological polar surface area (TPSA) is 101 Å². The first-order chi connectivity index (χ1) is 9.42. The van der Waals surface area contributed by atoms with E-state index in [-0.39, 0.29) is 5.69 Å². The Labute approximate surface area is 124 Å². The Kier molecular flexibility index (Phi) is 4.95. The van der Waals surface area contributed by atoms with Crippen LogP contribution < -0.4 is 15.8 Å². The van der Waals surface area contributed by atoms with Gasteiger partial charge in [-0.25, -0.2) is 12.8 Å². The van der Waals surface area contributed by atoms with E-state index < -0.39 is 38.2 Å². The van der Waals surface area contributed by atoms with Gasteiger partial charge in [-0.1, -0.05) is 0 Å². The molecule has 8 heteroatoms. The third-order valence-electron chi connectivity index (χ3n) is 2.49. The molecule has 1 unspecified atom stereocenters. The number of benzene rings is 1. The van der Waals surface area contributed by atoms with Gasteiger partial charge in [0.05, 0.1) is 11.7 Å². The number of carbonyl (C=O) groups is 1. The van der Waals surface area contributed by atoms with Gasteiger partial charge in [0.1, 0.15) is 10.7 Å². The summed E-state index contributed by atoms with van der Waals surface area (Å²) in [4.78, 5) is 11.5. The Morgan fingerprint density at radius 3 is 2.43 bits per heavy atom. The van der Waals surface area contributed by atoms with Gasteiger partial charge in [0.15, 0.2) is 0 Å². The fourth-order valence-electron chi connectivity index (χ4n) is 1.57. The molecule has 118 valence electrons. The Hall–Kier alpha value is -1.67. The van der Waals surface area contributed by atoms with Gasteiger partial charge in [-0.2, -0.15) is 4.72 Å². The van der Waals surface area contributed by atoms with Gasteiger partial charge in [0.25, 0.3) is 0 Å². The maximum Gasteiger partial charge on any atom is 0.243 e. The van der Waals surface area contributed by atoms with Crippen LogP contribution in [0.3, 0.4) is 0 Å². The molecule has 0 aliphatic rings. The van der Waals surface area contributed by atoms with Crippen LogP contribution in [0.4, 0.5) is 10.1 Å². The lowest BCUT2D eigenvalue weighted by Gasteiger charge is -2.23. The van der Waals surface area contributed by atoms with E-state index in [1.54, 1.807) is 20.8 Å². The summed E-state index contributed by atoms with van der Waals surface area (Å²) in [5, 5.41) is 2.65. The molecule has 6 nitrogen and oxygen atoms in total. The summed E-state index contributed by atoms with van der Waals surface area (Å²) in [5.74, 6) is -1.21. The van der Waals surface area contributed by atoms with Crippen LogP contribution >= 0.6 is 0 Å². The minimum Gasteiger partial charge on any atom is -0.398 e. The average molecular weight is 317 g/mol. The van der Waals surface area contributed by atoms with E-state index in [1.165, 1.54) is 6.92 Å². The lowest BCUT2D eigenvalue weighted by atomic mass is 10.1. The molecule has 0 fully saturated rings. The van der Waals surface area contributed by atoms with Crippen LogP contribution in [-0.4, -0.2) is 25.9 Å². The van der Waals surface area contributed by atoms with Gasteiger partial charge < -0.3 is 11.1 Å². The number of carbonyl (C=O) groups excluding carboxylic acids is 1. The molecule has 0 radical (unpaired) electrons. The van der Waals surface area contributed by atoms with E-state index in [0.717, 1.165) is 18.2 Å². The molecule has 0 saturated heterocycles. The minimum atomic E-state index is -4.09. The van der Waals surface area contributed by atoms with E-state index in [2.05, 4.69) is 10.0 Å². The molecule has 1 aromatic rings. The molecule has 1 rings (SSSR count). The smallest absolute Gasteiger partial charge is 0.243 e. The lowest BCUT2D eigenvalue weighted by molar-refractivity contribution is -0.123. The zero-order valence-corrected chi connectivity index (χ0v) is 13.2. The lowest BCUT2D eigenvalue weighted by Crippen LogP contribution is -2.50. The zero-order chi connectivity index (χ0) is 16.4. The number of amides is 1. The summed E-state index contributed by atoms with van der Waals surface area (Å²) in [6.07, 6.45) is 0. The quantitative estimate of drug-likeness (QED) is 0.721. The second-order valence-corrected chi connectivity index (χ2v) is 7.45. The van der Waals surface area contributed by atoms with Crippen LogP contribution in [0.2, 0.25) is 0 Å². The van der Waals surface area contributed by atoms with Crippen molar-refractivity contribution in [2.24, 2.45) is 0 Å².